The fraction of sp³-hybridized carbons (Fsp3) is 0.389. The third-order valence-corrected chi connectivity index (χ3v) is 4.11. The first-order valence-electron chi connectivity index (χ1n) is 8.12. The zero-order valence-electron chi connectivity index (χ0n) is 13.7. The van der Waals surface area contributed by atoms with Crippen LogP contribution < -0.4 is 15.6 Å². The van der Waals surface area contributed by atoms with Crippen molar-refractivity contribution in [2.75, 3.05) is 13.7 Å². The molecule has 0 radical (unpaired) electrons. The molecule has 1 amide bonds. The number of amides is 1. The van der Waals surface area contributed by atoms with Crippen molar-refractivity contribution in [1.29, 1.82) is 0 Å². The fourth-order valence-corrected chi connectivity index (χ4v) is 2.61. The Balaban J connectivity index is 1.51. The zero-order chi connectivity index (χ0) is 16.9. The second kappa shape index (κ2) is 7.29. The summed E-state index contributed by atoms with van der Waals surface area (Å²) in [6.45, 7) is 0.798. The van der Waals surface area contributed by atoms with Crippen LogP contribution >= 0.6 is 0 Å². The van der Waals surface area contributed by atoms with Crippen LogP contribution in [0.25, 0.3) is 0 Å². The lowest BCUT2D eigenvalue weighted by Gasteiger charge is -2.10. The van der Waals surface area contributed by atoms with Gasteiger partial charge in [0.15, 0.2) is 0 Å². The number of hydrogen-bond acceptors (Lipinski definition) is 4. The second-order valence-electron chi connectivity index (χ2n) is 5.96. The molecule has 6 heteroatoms. The molecule has 24 heavy (non-hydrogen) atoms. The first kappa shape index (κ1) is 16.2. The molecule has 1 aliphatic rings. The molecule has 1 N–H and O–H groups in total. The number of para-hydroxylation sites is 1. The minimum absolute atomic E-state index is 0.0640. The van der Waals surface area contributed by atoms with Gasteiger partial charge in [-0.1, -0.05) is 18.2 Å². The Hall–Kier alpha value is -2.63. The Kier molecular flexibility index (Phi) is 4.93. The lowest BCUT2D eigenvalue weighted by molar-refractivity contribution is -0.120. The van der Waals surface area contributed by atoms with Crippen molar-refractivity contribution in [3.63, 3.8) is 0 Å². The average Bonchev–Trinajstić information content (AvgIpc) is 3.42. The van der Waals surface area contributed by atoms with Crippen molar-refractivity contribution in [3.05, 3.63) is 58.3 Å². The summed E-state index contributed by atoms with van der Waals surface area (Å²) in [5.41, 5.74) is 1.66. The number of rotatable bonds is 7. The van der Waals surface area contributed by atoms with Crippen LogP contribution in [-0.4, -0.2) is 29.1 Å². The maximum absolute atomic E-state index is 12.0. The van der Waals surface area contributed by atoms with Gasteiger partial charge in [-0.15, -0.1) is 0 Å². The predicted octanol–water partition coefficient (Wildman–Crippen LogP) is 1.49. The molecule has 0 saturated heterocycles. The molecule has 0 spiro atoms. The van der Waals surface area contributed by atoms with Gasteiger partial charge >= 0.3 is 0 Å². The number of aromatic nitrogens is 2. The van der Waals surface area contributed by atoms with Crippen molar-refractivity contribution in [2.24, 2.45) is 0 Å². The third-order valence-electron chi connectivity index (χ3n) is 4.11. The summed E-state index contributed by atoms with van der Waals surface area (Å²) in [4.78, 5) is 28.4. The molecule has 1 aliphatic carbocycles. The number of carbonyl (C=O) groups excluding carboxylic acids is 1. The number of methoxy groups -OCH3 is 1. The molecule has 0 unspecified atom stereocenters. The van der Waals surface area contributed by atoms with Crippen LogP contribution in [0.15, 0.2) is 41.5 Å². The summed E-state index contributed by atoms with van der Waals surface area (Å²) in [6, 6.07) is 9.04. The van der Waals surface area contributed by atoms with Crippen LogP contribution in [0.4, 0.5) is 0 Å². The van der Waals surface area contributed by atoms with Gasteiger partial charge in [-0.2, -0.15) is 0 Å². The number of ether oxygens (including phenoxy) is 1. The van der Waals surface area contributed by atoms with Gasteiger partial charge in [0.25, 0.3) is 5.56 Å². The van der Waals surface area contributed by atoms with E-state index in [1.807, 2.05) is 24.3 Å². The van der Waals surface area contributed by atoms with Crippen LogP contribution in [0.2, 0.25) is 0 Å². The van der Waals surface area contributed by atoms with E-state index in [1.165, 1.54) is 4.57 Å². The summed E-state index contributed by atoms with van der Waals surface area (Å²) < 4.78 is 6.76. The van der Waals surface area contributed by atoms with Crippen molar-refractivity contribution in [2.45, 2.75) is 31.7 Å². The van der Waals surface area contributed by atoms with E-state index in [1.54, 1.807) is 19.5 Å². The number of hydrogen-bond donors (Lipinski definition) is 1. The smallest absolute Gasteiger partial charge is 0.253 e. The van der Waals surface area contributed by atoms with E-state index in [0.717, 1.165) is 24.1 Å². The molecule has 6 nitrogen and oxygen atoms in total. The van der Waals surface area contributed by atoms with E-state index in [-0.39, 0.29) is 17.9 Å². The molecule has 1 fully saturated rings. The lowest BCUT2D eigenvalue weighted by Crippen LogP contribution is -2.31. The molecule has 3 rings (SSSR count). The van der Waals surface area contributed by atoms with Crippen molar-refractivity contribution in [3.8, 4) is 5.75 Å². The fourth-order valence-electron chi connectivity index (χ4n) is 2.61. The van der Waals surface area contributed by atoms with Crippen LogP contribution in [0.5, 0.6) is 5.75 Å². The van der Waals surface area contributed by atoms with Crippen LogP contribution in [0, 0.1) is 0 Å². The largest absolute Gasteiger partial charge is 0.496 e. The molecule has 0 bridgehead atoms. The third kappa shape index (κ3) is 4.01. The van der Waals surface area contributed by atoms with Crippen molar-refractivity contribution < 1.29 is 9.53 Å². The molecular formula is C18H21N3O3. The molecule has 1 aromatic carbocycles. The molecule has 1 aromatic heterocycles. The maximum Gasteiger partial charge on any atom is 0.253 e. The molecule has 0 atom stereocenters. The Morgan fingerprint density at radius 3 is 2.88 bits per heavy atom. The summed E-state index contributed by atoms with van der Waals surface area (Å²) >= 11 is 0. The Morgan fingerprint density at radius 2 is 2.17 bits per heavy atom. The highest BCUT2D eigenvalue weighted by Gasteiger charge is 2.25. The predicted molar refractivity (Wildman–Crippen MR) is 90.2 cm³/mol. The average molecular weight is 327 g/mol. The Morgan fingerprint density at radius 1 is 1.38 bits per heavy atom. The molecule has 1 heterocycles. The topological polar surface area (TPSA) is 73.2 Å². The normalized spacial score (nSPS) is 13.5. The molecule has 1 saturated carbocycles. The number of benzene rings is 1. The maximum atomic E-state index is 12.0. The van der Waals surface area contributed by atoms with E-state index >= 15 is 0 Å². The van der Waals surface area contributed by atoms with Gasteiger partial charge in [-0.3, -0.25) is 14.2 Å². The summed E-state index contributed by atoms with van der Waals surface area (Å²) in [6.07, 6.45) is 4.06. The molecule has 126 valence electrons. The van der Waals surface area contributed by atoms with Crippen LogP contribution in [0.1, 0.15) is 30.0 Å². The van der Waals surface area contributed by atoms with Gasteiger partial charge < -0.3 is 10.1 Å². The van der Waals surface area contributed by atoms with Gasteiger partial charge in [0.05, 0.1) is 25.6 Å². The first-order valence-corrected chi connectivity index (χ1v) is 8.12. The quantitative estimate of drug-likeness (QED) is 0.836. The summed E-state index contributed by atoms with van der Waals surface area (Å²) in [5.74, 6) is 1.06. The van der Waals surface area contributed by atoms with Gasteiger partial charge in [-0.25, -0.2) is 4.98 Å². The van der Waals surface area contributed by atoms with Crippen molar-refractivity contribution >= 4 is 5.91 Å². The van der Waals surface area contributed by atoms with Gasteiger partial charge in [0, 0.05) is 30.6 Å². The van der Waals surface area contributed by atoms with E-state index in [0.29, 0.717) is 24.8 Å². The highest BCUT2D eigenvalue weighted by Crippen LogP contribution is 2.38. The van der Waals surface area contributed by atoms with Gasteiger partial charge in [-0.05, 0) is 18.9 Å². The lowest BCUT2D eigenvalue weighted by atomic mass is 10.1. The zero-order valence-corrected chi connectivity index (χ0v) is 13.7. The molecule has 0 aliphatic heterocycles. The number of carbonyl (C=O) groups is 1. The minimum Gasteiger partial charge on any atom is -0.496 e. The Bertz CT molecular complexity index is 781. The highest BCUT2D eigenvalue weighted by atomic mass is 16.5. The SMILES string of the molecule is COc1ccccc1CC(=O)NCCn1cnc(C2CC2)cc1=O. The summed E-state index contributed by atoms with van der Waals surface area (Å²) in [7, 11) is 1.58. The molecular weight excluding hydrogens is 306 g/mol. The standard InChI is InChI=1S/C18H21N3O3/c1-24-16-5-3-2-4-14(16)10-17(22)19-8-9-21-12-20-15(11-18(21)23)13-6-7-13/h2-5,11-13H,6-10H2,1H3,(H,19,22). The van der Waals surface area contributed by atoms with Crippen molar-refractivity contribution in [1.82, 2.24) is 14.9 Å². The highest BCUT2D eigenvalue weighted by molar-refractivity contribution is 5.79. The van der Waals surface area contributed by atoms with E-state index < -0.39 is 0 Å². The number of nitrogens with one attached hydrogen (secondary N) is 1. The Labute approximate surface area is 140 Å². The molecule has 2 aromatic rings. The van der Waals surface area contributed by atoms with Gasteiger partial charge in [0.1, 0.15) is 5.75 Å². The van der Waals surface area contributed by atoms with Gasteiger partial charge in [0.2, 0.25) is 5.91 Å². The monoisotopic (exact) mass is 327 g/mol. The van der Waals surface area contributed by atoms with Crippen LogP contribution in [0.3, 0.4) is 0 Å². The minimum atomic E-state index is -0.102. The van der Waals surface area contributed by atoms with E-state index in [2.05, 4.69) is 10.3 Å². The summed E-state index contributed by atoms with van der Waals surface area (Å²) in [5, 5.41) is 2.83. The van der Waals surface area contributed by atoms with E-state index in [9.17, 15) is 9.59 Å². The van der Waals surface area contributed by atoms with E-state index in [4.69, 9.17) is 4.74 Å². The van der Waals surface area contributed by atoms with Crippen LogP contribution in [-0.2, 0) is 17.8 Å². The first-order chi connectivity index (χ1) is 11.7. The number of nitrogens with zero attached hydrogens (tertiary/aromatic N) is 2. The second-order valence-corrected chi connectivity index (χ2v) is 5.96.